The molecule has 0 N–H and O–H groups in total. The smallest absolute Gasteiger partial charge is 0.235 e. The van der Waals surface area contributed by atoms with Gasteiger partial charge >= 0.3 is 0 Å². The summed E-state index contributed by atoms with van der Waals surface area (Å²) in [6, 6.07) is 96.6. The van der Waals surface area contributed by atoms with Crippen LogP contribution in [0, 0.1) is 0 Å². The van der Waals surface area contributed by atoms with E-state index in [0.717, 1.165) is 60.8 Å². The van der Waals surface area contributed by atoms with E-state index in [1.807, 2.05) is 0 Å². The molecule has 5 heteroatoms. The SMILES string of the molecule is CC1(C)c2ccccc2-c2ccc(-n3c4ccccc4c4cc(-c5ccc6c(c5)c5cc(-c7ccc8c(c7)c7ccccc7n8-c7nc(-c8ccccc8)c8ccccc8n7)ccc5n6-c5ccc6c(c5)C(C)(C)c5ccccc5-6)ccc43)cc21. The average Bonchev–Trinajstić information content (AvgIpc) is 2.96. The summed E-state index contributed by atoms with van der Waals surface area (Å²) in [4.78, 5) is 10.6. The molecule has 400 valence electrons. The van der Waals surface area contributed by atoms with Crippen LogP contribution in [0.3, 0.4) is 0 Å². The Morgan fingerprint density at radius 1 is 0.259 bits per heavy atom. The Morgan fingerprint density at radius 3 is 1.14 bits per heavy atom. The molecule has 2 aliphatic rings. The van der Waals surface area contributed by atoms with Crippen molar-refractivity contribution in [2.24, 2.45) is 0 Å². The number of nitrogens with zero attached hydrogens (tertiary/aromatic N) is 5. The number of hydrogen-bond donors (Lipinski definition) is 0. The minimum atomic E-state index is -0.141. The van der Waals surface area contributed by atoms with Crippen LogP contribution in [-0.2, 0) is 10.8 Å². The van der Waals surface area contributed by atoms with Crippen molar-refractivity contribution in [1.82, 2.24) is 23.7 Å². The highest BCUT2D eigenvalue weighted by molar-refractivity contribution is 6.15. The van der Waals surface area contributed by atoms with Crippen molar-refractivity contribution in [2.75, 3.05) is 0 Å². The van der Waals surface area contributed by atoms with Crippen LogP contribution in [0.1, 0.15) is 49.9 Å². The van der Waals surface area contributed by atoms with Crippen LogP contribution in [0.4, 0.5) is 0 Å². The highest BCUT2D eigenvalue weighted by atomic mass is 15.2. The number of rotatable bonds is 6. The molecule has 0 aliphatic heterocycles. The monoisotopic (exact) mass is 1090 g/mol. The molecule has 4 aromatic heterocycles. The van der Waals surface area contributed by atoms with Crippen molar-refractivity contribution in [1.29, 1.82) is 0 Å². The number of para-hydroxylation sites is 3. The van der Waals surface area contributed by atoms with E-state index in [9.17, 15) is 0 Å². The van der Waals surface area contributed by atoms with Gasteiger partial charge in [0.1, 0.15) is 0 Å². The Balaban J connectivity index is 0.806. The van der Waals surface area contributed by atoms with Crippen LogP contribution < -0.4 is 0 Å². The van der Waals surface area contributed by atoms with Gasteiger partial charge in [-0.25, -0.2) is 9.97 Å². The largest absolute Gasteiger partial charge is 0.309 e. The first-order valence-electron chi connectivity index (χ1n) is 29.6. The summed E-state index contributed by atoms with van der Waals surface area (Å²) in [5.74, 6) is 0.653. The Bertz CT molecular complexity index is 5550. The summed E-state index contributed by atoms with van der Waals surface area (Å²) < 4.78 is 7.20. The Kier molecular flexibility index (Phi) is 9.85. The maximum Gasteiger partial charge on any atom is 0.235 e. The predicted molar refractivity (Wildman–Crippen MR) is 354 cm³/mol. The van der Waals surface area contributed by atoms with Gasteiger partial charge in [-0.15, -0.1) is 0 Å². The molecular formula is C80H55N5. The normalized spacial score (nSPS) is 13.8. The molecule has 0 atom stereocenters. The van der Waals surface area contributed by atoms with Gasteiger partial charge in [0.25, 0.3) is 0 Å². The predicted octanol–water partition coefficient (Wildman–Crippen LogP) is 20.5. The van der Waals surface area contributed by atoms with Crippen molar-refractivity contribution >= 4 is 76.3 Å². The van der Waals surface area contributed by atoms with Gasteiger partial charge in [0.15, 0.2) is 0 Å². The van der Waals surface area contributed by atoms with Gasteiger partial charge in [0, 0.05) is 65.5 Å². The second-order valence-corrected chi connectivity index (χ2v) is 24.5. The van der Waals surface area contributed by atoms with Crippen LogP contribution in [-0.4, -0.2) is 23.7 Å². The van der Waals surface area contributed by atoms with Gasteiger partial charge in [-0.1, -0.05) is 198 Å². The summed E-state index contributed by atoms with van der Waals surface area (Å²) in [5.41, 5.74) is 27.3. The summed E-state index contributed by atoms with van der Waals surface area (Å²) in [7, 11) is 0. The maximum atomic E-state index is 5.36. The Morgan fingerprint density at radius 2 is 0.635 bits per heavy atom. The first-order valence-corrected chi connectivity index (χ1v) is 29.6. The number of fused-ring (bicyclic) bond motifs is 16. The summed E-state index contributed by atoms with van der Waals surface area (Å²) in [5, 5.41) is 8.24. The van der Waals surface area contributed by atoms with Crippen LogP contribution in [0.15, 0.2) is 261 Å². The molecule has 2 aliphatic carbocycles. The second kappa shape index (κ2) is 17.5. The Labute approximate surface area is 492 Å². The standard InChI is InChI=1S/C80H55N5/c1-79(2)66-25-13-8-20-55(66)57-36-34-53(46-68(57)79)83-71-28-16-11-22-59(71)62-42-49(30-38-73(62)83)51-31-39-74-64(44-51)65-45-52(32-40-75(65)84(74)54-35-37-58-56-21-9-14-26-67(56)80(3,4)69(58)47-54)50-33-41-76-63(43-50)60-23-12-17-29-72(60)85(76)78-81-70-27-15-10-24-61(70)77(82-78)48-18-6-5-7-19-48/h5-47H,1-4H3. The van der Waals surface area contributed by atoms with E-state index in [2.05, 4.69) is 302 Å². The van der Waals surface area contributed by atoms with Crippen molar-refractivity contribution < 1.29 is 0 Å². The molecule has 0 saturated heterocycles. The third-order valence-electron chi connectivity index (χ3n) is 19.3. The van der Waals surface area contributed by atoms with Crippen molar-refractivity contribution in [3.05, 3.63) is 283 Å². The third-order valence-corrected chi connectivity index (χ3v) is 19.3. The lowest BCUT2D eigenvalue weighted by Crippen LogP contribution is -2.15. The first kappa shape index (κ1) is 48.0. The van der Waals surface area contributed by atoms with Gasteiger partial charge in [0.2, 0.25) is 5.95 Å². The minimum absolute atomic E-state index is 0.0996. The fraction of sp³-hybridized carbons (Fsp3) is 0.0750. The van der Waals surface area contributed by atoms with Gasteiger partial charge in [0.05, 0.1) is 44.3 Å². The quantitative estimate of drug-likeness (QED) is 0.166. The molecule has 0 amide bonds. The van der Waals surface area contributed by atoms with E-state index in [1.54, 1.807) is 0 Å². The van der Waals surface area contributed by atoms with Gasteiger partial charge < -0.3 is 9.13 Å². The molecule has 12 aromatic carbocycles. The maximum absolute atomic E-state index is 5.36. The fourth-order valence-corrected chi connectivity index (χ4v) is 15.1. The van der Waals surface area contributed by atoms with E-state index < -0.39 is 0 Å². The van der Waals surface area contributed by atoms with Crippen molar-refractivity contribution in [3.8, 4) is 73.1 Å². The van der Waals surface area contributed by atoms with Crippen molar-refractivity contribution in [2.45, 2.75) is 38.5 Å². The van der Waals surface area contributed by atoms with Gasteiger partial charge in [-0.2, -0.15) is 0 Å². The van der Waals surface area contributed by atoms with Crippen molar-refractivity contribution in [3.63, 3.8) is 0 Å². The molecule has 85 heavy (non-hydrogen) atoms. The highest BCUT2D eigenvalue weighted by Gasteiger charge is 2.37. The summed E-state index contributed by atoms with van der Waals surface area (Å²) in [6.45, 7) is 9.47. The molecule has 5 nitrogen and oxygen atoms in total. The number of benzene rings is 12. The van der Waals surface area contributed by atoms with E-state index in [4.69, 9.17) is 9.97 Å². The number of aromatic nitrogens is 5. The van der Waals surface area contributed by atoms with Crippen LogP contribution in [0.5, 0.6) is 0 Å². The lowest BCUT2D eigenvalue weighted by molar-refractivity contribution is 0.660. The highest BCUT2D eigenvalue weighted by Crippen LogP contribution is 2.52. The van der Waals surface area contributed by atoms with Gasteiger partial charge in [-0.05, 0) is 158 Å². The van der Waals surface area contributed by atoms with E-state index in [-0.39, 0.29) is 10.8 Å². The minimum Gasteiger partial charge on any atom is -0.309 e. The van der Waals surface area contributed by atoms with Gasteiger partial charge in [-0.3, -0.25) is 4.57 Å². The lowest BCUT2D eigenvalue weighted by atomic mass is 9.82. The molecule has 18 rings (SSSR count). The zero-order valence-corrected chi connectivity index (χ0v) is 47.6. The van der Waals surface area contributed by atoms with Crippen LogP contribution in [0.25, 0.3) is 149 Å². The number of hydrogen-bond acceptors (Lipinski definition) is 2. The van der Waals surface area contributed by atoms with E-state index in [0.29, 0.717) is 5.95 Å². The van der Waals surface area contributed by atoms with E-state index in [1.165, 1.54) is 105 Å². The molecule has 4 heterocycles. The fourth-order valence-electron chi connectivity index (χ4n) is 15.1. The Hall–Kier alpha value is -10.6. The lowest BCUT2D eigenvalue weighted by Gasteiger charge is -2.22. The molecular weight excluding hydrogens is 1030 g/mol. The average molecular weight is 1090 g/mol. The van der Waals surface area contributed by atoms with E-state index >= 15 is 0 Å². The molecule has 0 saturated carbocycles. The molecule has 0 unspecified atom stereocenters. The zero-order chi connectivity index (χ0) is 56.4. The van der Waals surface area contributed by atoms with Crippen LogP contribution >= 0.6 is 0 Å². The topological polar surface area (TPSA) is 40.6 Å². The second-order valence-electron chi connectivity index (χ2n) is 24.5. The zero-order valence-electron chi connectivity index (χ0n) is 47.6. The molecule has 0 fully saturated rings. The molecule has 16 aromatic rings. The first-order chi connectivity index (χ1) is 41.7. The summed E-state index contributed by atoms with van der Waals surface area (Å²) >= 11 is 0. The molecule has 0 spiro atoms. The third kappa shape index (κ3) is 6.81. The molecule has 0 radical (unpaired) electrons. The van der Waals surface area contributed by atoms with Crippen LogP contribution in [0.2, 0.25) is 0 Å². The molecule has 0 bridgehead atoms. The summed E-state index contributed by atoms with van der Waals surface area (Å²) in [6.07, 6.45) is 0.